The molecular formula is C14H13N3O3S. The molecule has 108 valence electrons. The van der Waals surface area contributed by atoms with Crippen LogP contribution in [0.5, 0.6) is 0 Å². The Labute approximate surface area is 120 Å². The summed E-state index contributed by atoms with van der Waals surface area (Å²) in [4.78, 5) is 14.6. The number of hydrogen-bond acceptors (Lipinski definition) is 4. The second-order valence-corrected chi connectivity index (χ2v) is 6.53. The smallest absolute Gasteiger partial charge is 0.340 e. The van der Waals surface area contributed by atoms with Crippen LogP contribution in [0, 0.1) is 6.92 Å². The molecule has 3 rings (SSSR count). The largest absolute Gasteiger partial charge is 0.398 e. The van der Waals surface area contributed by atoms with Gasteiger partial charge in [-0.1, -0.05) is 18.2 Å². The van der Waals surface area contributed by atoms with Gasteiger partial charge in [0.05, 0.1) is 15.9 Å². The number of benzene rings is 2. The Bertz CT molecular complexity index is 985. The number of fused-ring (bicyclic) bond motifs is 1. The number of nitrogens with zero attached hydrogens (tertiary/aromatic N) is 1. The van der Waals surface area contributed by atoms with Crippen LogP contribution in [0.3, 0.4) is 0 Å². The van der Waals surface area contributed by atoms with E-state index in [1.807, 2.05) is 0 Å². The van der Waals surface area contributed by atoms with Gasteiger partial charge >= 0.3 is 5.69 Å². The first kappa shape index (κ1) is 13.4. The van der Waals surface area contributed by atoms with E-state index >= 15 is 0 Å². The quantitative estimate of drug-likeness (QED) is 0.700. The summed E-state index contributed by atoms with van der Waals surface area (Å²) in [6.07, 6.45) is 0. The number of aromatic amines is 1. The van der Waals surface area contributed by atoms with Gasteiger partial charge < -0.3 is 10.7 Å². The minimum absolute atomic E-state index is 0.0579. The second kappa shape index (κ2) is 4.49. The molecule has 0 aliphatic heterocycles. The molecule has 3 aromatic rings. The van der Waals surface area contributed by atoms with Gasteiger partial charge in [0.25, 0.3) is 10.0 Å². The van der Waals surface area contributed by atoms with E-state index in [1.165, 1.54) is 12.1 Å². The van der Waals surface area contributed by atoms with Gasteiger partial charge in [-0.2, -0.15) is 3.97 Å². The van der Waals surface area contributed by atoms with Crippen molar-refractivity contribution in [2.75, 3.05) is 5.73 Å². The maximum absolute atomic E-state index is 12.6. The predicted molar refractivity (Wildman–Crippen MR) is 80.7 cm³/mol. The molecule has 3 N–H and O–H groups in total. The van der Waals surface area contributed by atoms with Crippen molar-refractivity contribution in [1.29, 1.82) is 0 Å². The van der Waals surface area contributed by atoms with Crippen LogP contribution in [0.2, 0.25) is 0 Å². The Hall–Kier alpha value is -2.54. The van der Waals surface area contributed by atoms with Crippen molar-refractivity contribution in [3.63, 3.8) is 0 Å². The predicted octanol–water partition coefficient (Wildman–Crippen LogP) is 1.46. The lowest BCUT2D eigenvalue weighted by Gasteiger charge is -2.06. The van der Waals surface area contributed by atoms with Crippen LogP contribution in [0.15, 0.2) is 52.2 Å². The molecule has 0 fully saturated rings. The number of aryl methyl sites for hydroxylation is 1. The van der Waals surface area contributed by atoms with Gasteiger partial charge in [0.15, 0.2) is 0 Å². The average molecular weight is 303 g/mol. The van der Waals surface area contributed by atoms with E-state index in [1.54, 1.807) is 37.3 Å². The third-order valence-corrected chi connectivity index (χ3v) is 5.02. The maximum atomic E-state index is 12.6. The Balaban J connectivity index is 2.38. The summed E-state index contributed by atoms with van der Waals surface area (Å²) in [7, 11) is -3.95. The minimum Gasteiger partial charge on any atom is -0.398 e. The monoisotopic (exact) mass is 303 g/mol. The number of nitrogen functional groups attached to an aromatic ring is 1. The van der Waals surface area contributed by atoms with E-state index in [0.29, 0.717) is 16.8 Å². The summed E-state index contributed by atoms with van der Waals surface area (Å²) in [6, 6.07) is 11.0. The summed E-state index contributed by atoms with van der Waals surface area (Å²) < 4.78 is 26.0. The van der Waals surface area contributed by atoms with Crippen molar-refractivity contribution in [2.45, 2.75) is 11.8 Å². The van der Waals surface area contributed by atoms with Gasteiger partial charge in [-0.05, 0) is 36.8 Å². The standard InChI is InChI=1S/C14H13N3O3S/c1-9-7-13-12(8-11(9)15)16-14(18)17(13)21(19,20)10-5-3-2-4-6-10/h2-8H,15H2,1H3,(H,16,18). The summed E-state index contributed by atoms with van der Waals surface area (Å²) in [5.74, 6) is 0. The zero-order valence-electron chi connectivity index (χ0n) is 11.2. The fourth-order valence-corrected chi connectivity index (χ4v) is 3.58. The Morgan fingerprint density at radius 2 is 1.81 bits per heavy atom. The van der Waals surface area contributed by atoms with Crippen molar-refractivity contribution in [3.8, 4) is 0 Å². The van der Waals surface area contributed by atoms with Crippen molar-refractivity contribution in [3.05, 3.63) is 58.5 Å². The zero-order valence-corrected chi connectivity index (χ0v) is 12.0. The average Bonchev–Trinajstić information content (AvgIpc) is 2.76. The minimum atomic E-state index is -3.95. The van der Waals surface area contributed by atoms with Crippen LogP contribution in [0.1, 0.15) is 5.56 Å². The van der Waals surface area contributed by atoms with E-state index in [4.69, 9.17) is 5.73 Å². The number of aromatic nitrogens is 2. The van der Waals surface area contributed by atoms with Crippen molar-refractivity contribution in [2.24, 2.45) is 0 Å². The van der Waals surface area contributed by atoms with Crippen molar-refractivity contribution >= 4 is 26.7 Å². The van der Waals surface area contributed by atoms with E-state index < -0.39 is 15.7 Å². The molecule has 0 saturated carbocycles. The molecule has 2 aromatic carbocycles. The number of H-pyrrole nitrogens is 1. The first-order chi connectivity index (χ1) is 9.91. The number of hydrogen-bond donors (Lipinski definition) is 2. The molecule has 0 bridgehead atoms. The van der Waals surface area contributed by atoms with Gasteiger partial charge in [0.1, 0.15) is 0 Å². The lowest BCUT2D eigenvalue weighted by molar-refractivity contribution is 0.587. The molecule has 0 amide bonds. The lowest BCUT2D eigenvalue weighted by Crippen LogP contribution is -2.25. The van der Waals surface area contributed by atoms with Crippen molar-refractivity contribution < 1.29 is 8.42 Å². The molecule has 0 saturated heterocycles. The Morgan fingerprint density at radius 1 is 1.14 bits per heavy atom. The molecule has 0 aliphatic carbocycles. The van der Waals surface area contributed by atoms with Crippen molar-refractivity contribution in [1.82, 2.24) is 8.96 Å². The summed E-state index contributed by atoms with van der Waals surface area (Å²) in [5.41, 5.74) is 6.95. The highest BCUT2D eigenvalue weighted by Gasteiger charge is 2.22. The van der Waals surface area contributed by atoms with Gasteiger partial charge in [-0.25, -0.2) is 13.2 Å². The molecule has 21 heavy (non-hydrogen) atoms. The third-order valence-electron chi connectivity index (χ3n) is 3.31. The van der Waals surface area contributed by atoms with Gasteiger partial charge in [0.2, 0.25) is 0 Å². The zero-order chi connectivity index (χ0) is 15.2. The highest BCUT2D eigenvalue weighted by molar-refractivity contribution is 7.90. The first-order valence-electron chi connectivity index (χ1n) is 6.23. The molecule has 0 unspecified atom stereocenters. The maximum Gasteiger partial charge on any atom is 0.340 e. The lowest BCUT2D eigenvalue weighted by atomic mass is 10.2. The summed E-state index contributed by atoms with van der Waals surface area (Å²) in [5, 5.41) is 0. The van der Waals surface area contributed by atoms with Crippen LogP contribution in [0.4, 0.5) is 5.69 Å². The topological polar surface area (TPSA) is 97.9 Å². The van der Waals surface area contributed by atoms with Crippen LogP contribution < -0.4 is 11.4 Å². The summed E-state index contributed by atoms with van der Waals surface area (Å²) >= 11 is 0. The van der Waals surface area contributed by atoms with Crippen LogP contribution >= 0.6 is 0 Å². The highest BCUT2D eigenvalue weighted by atomic mass is 32.2. The van der Waals surface area contributed by atoms with E-state index in [-0.39, 0.29) is 10.4 Å². The molecule has 0 radical (unpaired) electrons. The SMILES string of the molecule is Cc1cc2c(cc1N)[nH]c(=O)n2S(=O)(=O)c1ccccc1. The fraction of sp³-hybridized carbons (Fsp3) is 0.0714. The van der Waals surface area contributed by atoms with Crippen LogP contribution in [-0.4, -0.2) is 17.4 Å². The van der Waals surface area contributed by atoms with E-state index in [9.17, 15) is 13.2 Å². The highest BCUT2D eigenvalue weighted by Crippen LogP contribution is 2.22. The molecule has 0 atom stereocenters. The Kier molecular flexibility index (Phi) is 2.87. The number of anilines is 1. The fourth-order valence-electron chi connectivity index (χ4n) is 2.19. The number of rotatable bonds is 2. The molecule has 1 aromatic heterocycles. The van der Waals surface area contributed by atoms with Gasteiger partial charge in [-0.15, -0.1) is 0 Å². The first-order valence-corrected chi connectivity index (χ1v) is 7.67. The molecule has 6 nitrogen and oxygen atoms in total. The Morgan fingerprint density at radius 3 is 2.48 bits per heavy atom. The van der Waals surface area contributed by atoms with Crippen LogP contribution in [-0.2, 0) is 10.0 Å². The molecule has 7 heteroatoms. The number of imidazole rings is 1. The molecule has 0 spiro atoms. The van der Waals surface area contributed by atoms with Crippen LogP contribution in [0.25, 0.3) is 11.0 Å². The van der Waals surface area contributed by atoms with Gasteiger partial charge in [-0.3, -0.25) is 0 Å². The normalized spacial score (nSPS) is 11.9. The summed E-state index contributed by atoms with van der Waals surface area (Å²) in [6.45, 7) is 1.76. The van der Waals surface area contributed by atoms with Gasteiger partial charge in [0, 0.05) is 5.69 Å². The number of nitrogens with two attached hydrogens (primary N) is 1. The second-order valence-electron chi connectivity index (χ2n) is 4.74. The van der Waals surface area contributed by atoms with E-state index in [2.05, 4.69) is 4.98 Å². The molecule has 1 heterocycles. The molecular weight excluding hydrogens is 290 g/mol. The molecule has 0 aliphatic rings. The van der Waals surface area contributed by atoms with E-state index in [0.717, 1.165) is 3.97 Å². The third kappa shape index (κ3) is 2.02. The number of nitrogens with one attached hydrogen (secondary N) is 1.